The number of rotatable bonds is 13. The van der Waals surface area contributed by atoms with E-state index in [9.17, 15) is 24.0 Å². The van der Waals surface area contributed by atoms with Crippen LogP contribution in [0.2, 0.25) is 0 Å². The smallest absolute Gasteiger partial charge is 0.325 e. The SMILES string of the molecule is CC(NC(=O)C(CS)NC(=O)C(CCC(N)=O)NC(=O)C(N)Cc1c[nH]c2ccccc12)C(=O)O. The van der Waals surface area contributed by atoms with Crippen molar-refractivity contribution in [3.05, 3.63) is 36.0 Å². The zero-order chi connectivity index (χ0) is 26.1. The van der Waals surface area contributed by atoms with Gasteiger partial charge in [-0.15, -0.1) is 0 Å². The lowest BCUT2D eigenvalue weighted by atomic mass is 10.0. The predicted octanol–water partition coefficient (Wildman–Crippen LogP) is -1.21. The van der Waals surface area contributed by atoms with Crippen molar-refractivity contribution >= 4 is 53.1 Å². The summed E-state index contributed by atoms with van der Waals surface area (Å²) in [5.74, 6) is -4.24. The van der Waals surface area contributed by atoms with E-state index in [0.717, 1.165) is 16.5 Å². The first-order valence-electron chi connectivity index (χ1n) is 10.9. The van der Waals surface area contributed by atoms with Gasteiger partial charge in [0.15, 0.2) is 0 Å². The number of amides is 4. The molecule has 0 aliphatic rings. The van der Waals surface area contributed by atoms with Gasteiger partial charge in [0.25, 0.3) is 0 Å². The first kappa shape index (κ1) is 27.7. The highest BCUT2D eigenvalue weighted by Gasteiger charge is 2.29. The van der Waals surface area contributed by atoms with Crippen LogP contribution in [0.1, 0.15) is 25.3 Å². The normalized spacial score (nSPS) is 14.4. The maximum absolute atomic E-state index is 12.8. The van der Waals surface area contributed by atoms with Crippen LogP contribution < -0.4 is 27.4 Å². The molecule has 9 N–H and O–H groups in total. The Morgan fingerprint density at radius 3 is 2.29 bits per heavy atom. The second-order valence-corrected chi connectivity index (χ2v) is 8.41. The fraction of sp³-hybridized carbons (Fsp3) is 0.409. The Hall–Kier alpha value is -3.58. The molecule has 0 aliphatic carbocycles. The van der Waals surface area contributed by atoms with E-state index in [4.69, 9.17) is 16.6 Å². The number of aliphatic carboxylic acids is 1. The van der Waals surface area contributed by atoms with Crippen molar-refractivity contribution in [3.63, 3.8) is 0 Å². The Morgan fingerprint density at radius 2 is 1.66 bits per heavy atom. The van der Waals surface area contributed by atoms with E-state index in [0.29, 0.717) is 0 Å². The molecule has 35 heavy (non-hydrogen) atoms. The van der Waals surface area contributed by atoms with Gasteiger partial charge in [0, 0.05) is 29.3 Å². The number of carboxylic acids is 1. The summed E-state index contributed by atoms with van der Waals surface area (Å²) in [5, 5.41) is 17.0. The summed E-state index contributed by atoms with van der Waals surface area (Å²) in [4.78, 5) is 63.3. The third-order valence-corrected chi connectivity index (χ3v) is 5.67. The molecule has 4 amide bonds. The third kappa shape index (κ3) is 8.00. The fourth-order valence-corrected chi connectivity index (χ4v) is 3.56. The molecule has 1 aromatic carbocycles. The van der Waals surface area contributed by atoms with E-state index in [2.05, 4.69) is 33.6 Å². The second kappa shape index (κ2) is 12.8. The summed E-state index contributed by atoms with van der Waals surface area (Å²) in [6.45, 7) is 1.27. The summed E-state index contributed by atoms with van der Waals surface area (Å²) in [6, 6.07) is 2.94. The van der Waals surface area contributed by atoms with Crippen LogP contribution in [-0.2, 0) is 30.4 Å². The molecule has 0 saturated heterocycles. The molecule has 4 atom stereocenters. The molecule has 12 nitrogen and oxygen atoms in total. The van der Waals surface area contributed by atoms with Crippen molar-refractivity contribution in [2.75, 3.05) is 5.75 Å². The van der Waals surface area contributed by atoms with E-state index >= 15 is 0 Å². The van der Waals surface area contributed by atoms with Crippen molar-refractivity contribution < 1.29 is 29.1 Å². The molecule has 13 heteroatoms. The van der Waals surface area contributed by atoms with Gasteiger partial charge in [0.1, 0.15) is 18.1 Å². The number of hydrogen-bond donors (Lipinski definition) is 8. The van der Waals surface area contributed by atoms with Crippen LogP contribution in [0.5, 0.6) is 0 Å². The highest BCUT2D eigenvalue weighted by Crippen LogP contribution is 2.18. The number of carbonyl (C=O) groups excluding carboxylic acids is 4. The van der Waals surface area contributed by atoms with Crippen molar-refractivity contribution in [2.24, 2.45) is 11.5 Å². The Labute approximate surface area is 207 Å². The number of hydrogen-bond acceptors (Lipinski definition) is 7. The number of thiol groups is 1. The summed E-state index contributed by atoms with van der Waals surface area (Å²) < 4.78 is 0. The molecule has 2 rings (SSSR count). The van der Waals surface area contributed by atoms with Gasteiger partial charge in [-0.05, 0) is 31.4 Å². The highest BCUT2D eigenvalue weighted by atomic mass is 32.1. The number of carboxylic acid groups (broad SMARTS) is 1. The number of nitrogens with two attached hydrogens (primary N) is 2. The molecule has 0 aliphatic heterocycles. The first-order chi connectivity index (χ1) is 16.5. The topological polar surface area (TPSA) is 209 Å². The molecule has 0 saturated carbocycles. The molecule has 2 aromatic rings. The molecular weight excluding hydrogens is 476 g/mol. The van der Waals surface area contributed by atoms with E-state index in [1.807, 2.05) is 24.3 Å². The lowest BCUT2D eigenvalue weighted by Crippen LogP contribution is -2.57. The zero-order valence-corrected chi connectivity index (χ0v) is 20.0. The Morgan fingerprint density at radius 1 is 1.03 bits per heavy atom. The van der Waals surface area contributed by atoms with Crippen LogP contribution >= 0.6 is 12.6 Å². The van der Waals surface area contributed by atoms with Gasteiger partial charge in [0.2, 0.25) is 23.6 Å². The van der Waals surface area contributed by atoms with Crippen LogP contribution in [0, 0.1) is 0 Å². The van der Waals surface area contributed by atoms with E-state index < -0.39 is 53.8 Å². The van der Waals surface area contributed by atoms with Crippen LogP contribution in [0.15, 0.2) is 30.5 Å². The maximum Gasteiger partial charge on any atom is 0.325 e. The van der Waals surface area contributed by atoms with Gasteiger partial charge in [0.05, 0.1) is 6.04 Å². The van der Waals surface area contributed by atoms with Gasteiger partial charge >= 0.3 is 5.97 Å². The van der Waals surface area contributed by atoms with Gasteiger partial charge in [-0.1, -0.05) is 18.2 Å². The minimum absolute atomic E-state index is 0.126. The van der Waals surface area contributed by atoms with Gasteiger partial charge in [-0.3, -0.25) is 24.0 Å². The van der Waals surface area contributed by atoms with Crippen molar-refractivity contribution in [1.82, 2.24) is 20.9 Å². The van der Waals surface area contributed by atoms with Crippen LogP contribution in [-0.4, -0.2) is 69.6 Å². The largest absolute Gasteiger partial charge is 0.480 e. The van der Waals surface area contributed by atoms with Crippen molar-refractivity contribution in [1.29, 1.82) is 0 Å². The first-order valence-corrected chi connectivity index (χ1v) is 11.5. The predicted molar refractivity (Wildman–Crippen MR) is 131 cm³/mol. The number of aromatic nitrogens is 1. The molecule has 0 spiro atoms. The minimum Gasteiger partial charge on any atom is -0.480 e. The standard InChI is InChI=1S/C22H30N6O6S/c1-11(22(33)34)26-21(32)17(10-35)28-20(31)16(6-7-18(24)29)27-19(30)14(23)8-12-9-25-15-5-3-2-4-13(12)15/h2-5,9,11,14,16-17,25,35H,6-8,10,23H2,1H3,(H2,24,29)(H,26,32)(H,27,30)(H,28,31)(H,33,34). The Kier molecular flexibility index (Phi) is 10.1. The number of fused-ring (bicyclic) bond motifs is 1. The number of para-hydroxylation sites is 1. The molecule has 0 radical (unpaired) electrons. The number of primary amides is 1. The lowest BCUT2D eigenvalue weighted by molar-refractivity contribution is -0.141. The molecule has 0 fully saturated rings. The third-order valence-electron chi connectivity index (χ3n) is 5.31. The Bertz CT molecular complexity index is 1090. The number of benzene rings is 1. The van der Waals surface area contributed by atoms with Crippen LogP contribution in [0.25, 0.3) is 10.9 Å². The van der Waals surface area contributed by atoms with E-state index in [1.54, 1.807) is 6.20 Å². The molecule has 1 aromatic heterocycles. The highest BCUT2D eigenvalue weighted by molar-refractivity contribution is 7.80. The molecule has 1 heterocycles. The van der Waals surface area contributed by atoms with Gasteiger partial charge < -0.3 is 37.5 Å². The second-order valence-electron chi connectivity index (χ2n) is 8.05. The summed E-state index contributed by atoms with van der Waals surface area (Å²) >= 11 is 4.03. The number of carbonyl (C=O) groups is 5. The van der Waals surface area contributed by atoms with E-state index in [-0.39, 0.29) is 25.0 Å². The average molecular weight is 507 g/mol. The van der Waals surface area contributed by atoms with Crippen molar-refractivity contribution in [3.8, 4) is 0 Å². The summed E-state index contributed by atoms with van der Waals surface area (Å²) in [5.41, 5.74) is 13.0. The molecule has 0 bridgehead atoms. The fourth-order valence-electron chi connectivity index (χ4n) is 3.31. The van der Waals surface area contributed by atoms with Gasteiger partial charge in [-0.2, -0.15) is 12.6 Å². The molecule has 4 unspecified atom stereocenters. The zero-order valence-electron chi connectivity index (χ0n) is 19.1. The van der Waals surface area contributed by atoms with Crippen LogP contribution in [0.3, 0.4) is 0 Å². The molecular formula is C22H30N6O6S. The number of aromatic amines is 1. The van der Waals surface area contributed by atoms with Gasteiger partial charge in [-0.25, -0.2) is 0 Å². The maximum atomic E-state index is 12.8. The van der Waals surface area contributed by atoms with Crippen molar-refractivity contribution in [2.45, 2.75) is 50.4 Å². The Balaban J connectivity index is 2.07. The van der Waals surface area contributed by atoms with E-state index in [1.165, 1.54) is 6.92 Å². The summed E-state index contributed by atoms with van der Waals surface area (Å²) in [7, 11) is 0. The quantitative estimate of drug-likeness (QED) is 0.155. The lowest BCUT2D eigenvalue weighted by Gasteiger charge is -2.23. The van der Waals surface area contributed by atoms with Crippen LogP contribution in [0.4, 0.5) is 0 Å². The number of H-pyrrole nitrogens is 1. The average Bonchev–Trinajstić information content (AvgIpc) is 3.22. The number of nitrogens with one attached hydrogen (secondary N) is 4. The molecule has 190 valence electrons. The minimum atomic E-state index is -1.25. The summed E-state index contributed by atoms with van der Waals surface area (Å²) in [6.07, 6.45) is 1.61. The monoisotopic (exact) mass is 506 g/mol.